The topological polar surface area (TPSA) is 72.5 Å². The maximum absolute atomic E-state index is 12.7. The van der Waals surface area contributed by atoms with Crippen LogP contribution in [0.5, 0.6) is 11.5 Å². The molecule has 4 heteroatoms. The third kappa shape index (κ3) is 5.08. The Morgan fingerprint density at radius 1 is 1.06 bits per heavy atom. The van der Waals surface area contributed by atoms with Crippen molar-refractivity contribution in [3.8, 4) is 11.5 Å². The van der Waals surface area contributed by atoms with Crippen molar-refractivity contribution in [2.75, 3.05) is 12.3 Å². The molecular weight excluding hydrogens is 386 g/mol. The van der Waals surface area contributed by atoms with Gasteiger partial charge in [-0.05, 0) is 49.4 Å². The maximum Gasteiger partial charge on any atom is 0.185 e. The van der Waals surface area contributed by atoms with Gasteiger partial charge in [0.05, 0.1) is 12.2 Å². The first-order valence-electron chi connectivity index (χ1n) is 10.4. The van der Waals surface area contributed by atoms with Crippen LogP contribution in [0.3, 0.4) is 0 Å². The van der Waals surface area contributed by atoms with Crippen LogP contribution >= 0.6 is 0 Å². The summed E-state index contributed by atoms with van der Waals surface area (Å²) in [7, 11) is 0. The smallest absolute Gasteiger partial charge is 0.185 e. The van der Waals surface area contributed by atoms with Gasteiger partial charge in [-0.15, -0.1) is 13.2 Å². The van der Waals surface area contributed by atoms with Gasteiger partial charge >= 0.3 is 0 Å². The van der Waals surface area contributed by atoms with E-state index in [-0.39, 0.29) is 11.5 Å². The lowest BCUT2D eigenvalue weighted by Gasteiger charge is -2.30. The molecule has 0 aliphatic heterocycles. The van der Waals surface area contributed by atoms with Gasteiger partial charge in [0.2, 0.25) is 0 Å². The van der Waals surface area contributed by atoms with E-state index in [2.05, 4.69) is 13.2 Å². The van der Waals surface area contributed by atoms with Crippen LogP contribution in [0.4, 0.5) is 5.69 Å². The molecule has 0 atom stereocenters. The van der Waals surface area contributed by atoms with Crippen LogP contribution in [0.15, 0.2) is 61.7 Å². The molecule has 3 N–H and O–H groups in total. The van der Waals surface area contributed by atoms with Gasteiger partial charge in [0.25, 0.3) is 0 Å². The minimum absolute atomic E-state index is 0.0679. The molecule has 4 nitrogen and oxygen atoms in total. The van der Waals surface area contributed by atoms with Crippen LogP contribution in [-0.2, 0) is 10.8 Å². The minimum atomic E-state index is -0.496. The molecule has 0 saturated carbocycles. The van der Waals surface area contributed by atoms with Crippen molar-refractivity contribution in [3.05, 3.63) is 84.0 Å². The number of phenolic OH excluding ortho intramolecular Hbond substituents is 1. The third-order valence-corrected chi connectivity index (χ3v) is 5.58. The monoisotopic (exact) mass is 419 g/mol. The Labute approximate surface area is 185 Å². The summed E-state index contributed by atoms with van der Waals surface area (Å²) in [5.41, 5.74) is 7.94. The molecule has 0 aliphatic rings. The van der Waals surface area contributed by atoms with E-state index in [1.165, 1.54) is 6.08 Å². The Kier molecular flexibility index (Phi) is 7.17. The highest BCUT2D eigenvalue weighted by molar-refractivity contribution is 6.07. The van der Waals surface area contributed by atoms with E-state index in [0.29, 0.717) is 34.7 Å². The Morgan fingerprint density at radius 2 is 1.61 bits per heavy atom. The number of allylic oxidation sites excluding steroid dienone is 3. The van der Waals surface area contributed by atoms with E-state index in [0.717, 1.165) is 5.56 Å². The zero-order valence-electron chi connectivity index (χ0n) is 19.2. The molecule has 0 fully saturated rings. The van der Waals surface area contributed by atoms with Crippen LogP contribution in [0.25, 0.3) is 6.08 Å². The van der Waals surface area contributed by atoms with E-state index in [4.69, 9.17) is 10.5 Å². The second-order valence-electron chi connectivity index (χ2n) is 8.67. The van der Waals surface area contributed by atoms with E-state index in [9.17, 15) is 9.90 Å². The van der Waals surface area contributed by atoms with Crippen molar-refractivity contribution >= 4 is 17.5 Å². The lowest BCUT2D eigenvalue weighted by atomic mass is 9.76. The summed E-state index contributed by atoms with van der Waals surface area (Å²) >= 11 is 0. The summed E-state index contributed by atoms with van der Waals surface area (Å²) < 4.78 is 5.98. The predicted octanol–water partition coefficient (Wildman–Crippen LogP) is 6.20. The number of nitrogens with two attached hydrogens (primary N) is 1. The SMILES string of the molecule is C=CC(C)(C)c1cc(C(C)(C)C=C)c(OCC)c(/C=C/C(=O)c2ccc(N)cc2)c1O. The number of aromatic hydroxyl groups is 1. The highest BCUT2D eigenvalue weighted by Crippen LogP contribution is 2.46. The molecule has 2 rings (SSSR count). The van der Waals surface area contributed by atoms with E-state index < -0.39 is 10.8 Å². The quantitative estimate of drug-likeness (QED) is 0.220. The molecular formula is C27H33NO3. The lowest BCUT2D eigenvalue weighted by molar-refractivity contribution is 0.104. The van der Waals surface area contributed by atoms with Gasteiger partial charge in [-0.25, -0.2) is 0 Å². The van der Waals surface area contributed by atoms with Gasteiger partial charge in [0.1, 0.15) is 11.5 Å². The van der Waals surface area contributed by atoms with Crippen LogP contribution in [-0.4, -0.2) is 17.5 Å². The predicted molar refractivity (Wildman–Crippen MR) is 130 cm³/mol. The van der Waals surface area contributed by atoms with Crippen molar-refractivity contribution < 1.29 is 14.6 Å². The van der Waals surface area contributed by atoms with Gasteiger partial charge in [-0.2, -0.15) is 0 Å². The minimum Gasteiger partial charge on any atom is -0.507 e. The second-order valence-corrected chi connectivity index (χ2v) is 8.67. The number of carbonyl (C=O) groups excluding carboxylic acids is 1. The largest absolute Gasteiger partial charge is 0.507 e. The summed E-state index contributed by atoms with van der Waals surface area (Å²) in [4.78, 5) is 12.7. The molecule has 0 spiro atoms. The third-order valence-electron chi connectivity index (χ3n) is 5.58. The Morgan fingerprint density at radius 3 is 2.13 bits per heavy atom. The molecule has 2 aromatic rings. The summed E-state index contributed by atoms with van der Waals surface area (Å²) in [6.07, 6.45) is 6.70. The van der Waals surface area contributed by atoms with E-state index in [1.807, 2.05) is 46.8 Å². The molecule has 2 aromatic carbocycles. The number of carbonyl (C=O) groups is 1. The fourth-order valence-electron chi connectivity index (χ4n) is 3.22. The molecule has 0 amide bonds. The van der Waals surface area contributed by atoms with Gasteiger partial charge < -0.3 is 15.6 Å². The molecule has 31 heavy (non-hydrogen) atoms. The normalized spacial score (nSPS) is 12.0. The number of anilines is 1. The Balaban J connectivity index is 2.75. The lowest BCUT2D eigenvalue weighted by Crippen LogP contribution is -2.20. The van der Waals surface area contributed by atoms with Gasteiger partial charge in [0, 0.05) is 33.2 Å². The van der Waals surface area contributed by atoms with Gasteiger partial charge in [0.15, 0.2) is 5.78 Å². The zero-order valence-corrected chi connectivity index (χ0v) is 19.2. The van der Waals surface area contributed by atoms with Gasteiger partial charge in [-0.3, -0.25) is 4.79 Å². The standard InChI is InChI=1S/C27H33NO3/c1-8-26(4,5)21-17-22(27(6,7)9-2)25(31-10-3)20(24(21)30)15-16-23(29)18-11-13-19(28)14-12-18/h8-9,11-17,30H,1-2,10,28H2,3-7H3/b16-15+. The van der Waals surface area contributed by atoms with Crippen LogP contribution in [0, 0.1) is 0 Å². The van der Waals surface area contributed by atoms with Crippen molar-refractivity contribution in [2.45, 2.75) is 45.4 Å². The molecule has 0 radical (unpaired) electrons. The Hall–Kier alpha value is -3.27. The molecule has 0 aromatic heterocycles. The van der Waals surface area contributed by atoms with Crippen LogP contribution < -0.4 is 10.5 Å². The highest BCUT2D eigenvalue weighted by Gasteiger charge is 2.31. The fraction of sp³-hybridized carbons (Fsp3) is 0.296. The van der Waals surface area contributed by atoms with Gasteiger partial charge in [-0.1, -0.05) is 39.8 Å². The molecule has 164 valence electrons. The number of rotatable bonds is 9. The van der Waals surface area contributed by atoms with Crippen molar-refractivity contribution in [3.63, 3.8) is 0 Å². The average Bonchev–Trinajstić information content (AvgIpc) is 2.73. The number of ketones is 1. The number of ether oxygens (including phenoxy) is 1. The van der Waals surface area contributed by atoms with E-state index >= 15 is 0 Å². The molecule has 0 heterocycles. The molecule has 0 aliphatic carbocycles. The molecule has 0 saturated heterocycles. The number of hydrogen-bond acceptors (Lipinski definition) is 4. The summed E-state index contributed by atoms with van der Waals surface area (Å²) in [5, 5.41) is 11.2. The molecule has 0 unspecified atom stereocenters. The first kappa shape index (κ1) is 24.0. The highest BCUT2D eigenvalue weighted by atomic mass is 16.5. The Bertz CT molecular complexity index is 1010. The van der Waals surface area contributed by atoms with Crippen LogP contribution in [0.1, 0.15) is 61.7 Å². The van der Waals surface area contributed by atoms with Crippen molar-refractivity contribution in [1.29, 1.82) is 0 Å². The fourth-order valence-corrected chi connectivity index (χ4v) is 3.22. The summed E-state index contributed by atoms with van der Waals surface area (Å²) in [6, 6.07) is 8.66. The van der Waals surface area contributed by atoms with Crippen molar-refractivity contribution in [1.82, 2.24) is 0 Å². The number of phenols is 1. The second kappa shape index (κ2) is 9.25. The summed E-state index contributed by atoms with van der Waals surface area (Å²) in [5.74, 6) is 0.410. The maximum atomic E-state index is 12.7. The van der Waals surface area contributed by atoms with E-state index in [1.54, 1.807) is 36.4 Å². The van der Waals surface area contributed by atoms with Crippen LogP contribution in [0.2, 0.25) is 0 Å². The number of nitrogen functional groups attached to an aromatic ring is 1. The molecule has 0 bridgehead atoms. The van der Waals surface area contributed by atoms with Crippen molar-refractivity contribution in [2.24, 2.45) is 0 Å². The number of benzene rings is 2. The first-order valence-corrected chi connectivity index (χ1v) is 10.4. The zero-order chi connectivity index (χ0) is 23.4. The number of hydrogen-bond donors (Lipinski definition) is 2. The first-order chi connectivity index (χ1) is 14.5. The average molecular weight is 420 g/mol. The summed E-state index contributed by atoms with van der Waals surface area (Å²) in [6.45, 7) is 18.2.